The van der Waals surface area contributed by atoms with Gasteiger partial charge >= 0.3 is 12.5 Å². The van der Waals surface area contributed by atoms with Crippen molar-refractivity contribution < 1.29 is 41.0 Å². The normalized spacial score (nSPS) is 14.2. The van der Waals surface area contributed by atoms with E-state index >= 15 is 0 Å². The molecule has 1 aliphatic rings. The Morgan fingerprint density at radius 1 is 1.24 bits per heavy atom. The first kappa shape index (κ1) is 23.7. The van der Waals surface area contributed by atoms with Crippen molar-refractivity contribution >= 4 is 45.0 Å². The minimum atomic E-state index is -4.94. The Hall–Kier alpha value is -3.46. The lowest BCUT2D eigenvalue weighted by atomic mass is 10.1. The molecule has 0 unspecified atom stereocenters. The number of carbonyl (C=O) groups excluding carboxylic acids is 2. The molecule has 3 N–H and O–H groups in total. The number of carbonyl (C=O) groups is 2. The Bertz CT molecular complexity index is 1350. The Morgan fingerprint density at radius 3 is 2.56 bits per heavy atom. The maximum atomic E-state index is 13.5. The molecule has 0 saturated heterocycles. The quantitative estimate of drug-likeness (QED) is 0.451. The third kappa shape index (κ3) is 4.23. The van der Waals surface area contributed by atoms with Gasteiger partial charge < -0.3 is 20.5 Å². The SMILES string of the molecule is NC(=O)c1cc2c(c(Br)c1NC(=O)c1cc(C(F)(F)F)nn1-c1ncccc1Cl)OC(F)(F)O2. The van der Waals surface area contributed by atoms with Crippen LogP contribution >= 0.6 is 27.5 Å². The molecule has 0 spiro atoms. The third-order valence-electron chi connectivity index (χ3n) is 4.31. The van der Waals surface area contributed by atoms with Crippen molar-refractivity contribution in [2.45, 2.75) is 12.5 Å². The Morgan fingerprint density at radius 2 is 1.94 bits per heavy atom. The summed E-state index contributed by atoms with van der Waals surface area (Å²) in [4.78, 5) is 28.7. The first-order valence-corrected chi connectivity index (χ1v) is 9.97. The number of primary amides is 1. The Labute approximate surface area is 198 Å². The molecule has 4 rings (SSSR count). The number of nitrogens with one attached hydrogen (secondary N) is 1. The van der Waals surface area contributed by atoms with Crippen molar-refractivity contribution in [3.05, 3.63) is 56.9 Å². The molecule has 3 aromatic rings. The predicted molar refractivity (Wildman–Crippen MR) is 108 cm³/mol. The second-order valence-electron chi connectivity index (χ2n) is 6.56. The molecule has 9 nitrogen and oxygen atoms in total. The second-order valence-corrected chi connectivity index (χ2v) is 7.76. The number of benzene rings is 1. The summed E-state index contributed by atoms with van der Waals surface area (Å²) in [6.07, 6.45) is -7.80. The first-order chi connectivity index (χ1) is 15.8. The summed E-state index contributed by atoms with van der Waals surface area (Å²) >= 11 is 8.91. The molecule has 0 aliphatic carbocycles. The standard InChI is InChI=1S/C18H8BrClF5N5O4/c19-11-12(6(14(26)31)4-9-13(11)34-18(24,25)33-9)28-16(32)8-5-10(17(21,22)23)29-30(8)15-7(20)2-1-3-27-15/h1-5H,(H2,26,31)(H,28,32). The van der Waals surface area contributed by atoms with Crippen molar-refractivity contribution in [3.63, 3.8) is 0 Å². The fourth-order valence-corrected chi connectivity index (χ4v) is 3.71. The third-order valence-corrected chi connectivity index (χ3v) is 5.36. The molecular weight excluding hydrogens is 561 g/mol. The van der Waals surface area contributed by atoms with Gasteiger partial charge in [0.2, 0.25) is 0 Å². The summed E-state index contributed by atoms with van der Waals surface area (Å²) in [5.41, 5.74) is 2.16. The van der Waals surface area contributed by atoms with Gasteiger partial charge in [-0.2, -0.15) is 18.3 Å². The average Bonchev–Trinajstić information content (AvgIpc) is 3.31. The molecule has 16 heteroatoms. The molecule has 0 saturated carbocycles. The fraction of sp³-hybridized carbons (Fsp3) is 0.111. The minimum absolute atomic E-state index is 0.127. The lowest BCUT2D eigenvalue weighted by Crippen LogP contribution is -2.26. The van der Waals surface area contributed by atoms with E-state index in [-0.39, 0.29) is 15.3 Å². The number of nitrogens with zero attached hydrogens (tertiary/aromatic N) is 3. The summed E-state index contributed by atoms with van der Waals surface area (Å²) in [5, 5.41) is 5.40. The lowest BCUT2D eigenvalue weighted by Gasteiger charge is -2.13. The molecule has 1 aromatic carbocycles. The Balaban J connectivity index is 1.82. The van der Waals surface area contributed by atoms with Crippen LogP contribution in [-0.2, 0) is 6.18 Å². The number of halogens is 7. The van der Waals surface area contributed by atoms with Gasteiger partial charge in [-0.05, 0) is 34.1 Å². The van der Waals surface area contributed by atoms with Gasteiger partial charge in [-0.1, -0.05) is 11.6 Å². The number of pyridine rings is 1. The highest BCUT2D eigenvalue weighted by Gasteiger charge is 2.46. The number of fused-ring (bicyclic) bond motifs is 1. The highest BCUT2D eigenvalue weighted by molar-refractivity contribution is 9.10. The number of hydrogen-bond acceptors (Lipinski definition) is 6. The monoisotopic (exact) mass is 567 g/mol. The zero-order valence-corrected chi connectivity index (χ0v) is 18.4. The molecule has 1 aliphatic heterocycles. The molecule has 3 heterocycles. The molecule has 2 aromatic heterocycles. The van der Waals surface area contributed by atoms with Crippen LogP contribution in [0.2, 0.25) is 5.02 Å². The maximum absolute atomic E-state index is 13.5. The number of alkyl halides is 5. The van der Waals surface area contributed by atoms with Crippen LogP contribution in [0.15, 0.2) is 34.9 Å². The lowest BCUT2D eigenvalue weighted by molar-refractivity contribution is -0.286. The van der Waals surface area contributed by atoms with E-state index in [1.165, 1.54) is 18.3 Å². The van der Waals surface area contributed by atoms with Crippen molar-refractivity contribution in [1.82, 2.24) is 14.8 Å². The second kappa shape index (κ2) is 8.09. The van der Waals surface area contributed by atoms with E-state index in [0.29, 0.717) is 10.7 Å². The van der Waals surface area contributed by atoms with Crippen LogP contribution < -0.4 is 20.5 Å². The molecule has 0 bridgehead atoms. The minimum Gasteiger partial charge on any atom is -0.395 e. The number of aromatic nitrogens is 3. The summed E-state index contributed by atoms with van der Waals surface area (Å²) in [7, 11) is 0. The van der Waals surface area contributed by atoms with E-state index in [2.05, 4.69) is 40.8 Å². The van der Waals surface area contributed by atoms with Gasteiger partial charge in [-0.3, -0.25) is 9.59 Å². The van der Waals surface area contributed by atoms with Crippen molar-refractivity contribution in [2.24, 2.45) is 5.73 Å². The van der Waals surface area contributed by atoms with Crippen LogP contribution in [0, 0.1) is 0 Å². The van der Waals surface area contributed by atoms with Gasteiger partial charge in [0.15, 0.2) is 23.0 Å². The number of hydrogen-bond donors (Lipinski definition) is 2. The van der Waals surface area contributed by atoms with Crippen LogP contribution in [0.25, 0.3) is 5.82 Å². The van der Waals surface area contributed by atoms with Crippen molar-refractivity contribution in [1.29, 1.82) is 0 Å². The smallest absolute Gasteiger partial charge is 0.395 e. The van der Waals surface area contributed by atoms with Gasteiger partial charge in [0.1, 0.15) is 5.69 Å². The molecular formula is C18H8BrClF5N5O4. The van der Waals surface area contributed by atoms with E-state index < -0.39 is 58.4 Å². The van der Waals surface area contributed by atoms with Gasteiger partial charge in [0.25, 0.3) is 11.8 Å². The van der Waals surface area contributed by atoms with E-state index in [9.17, 15) is 31.5 Å². The van der Waals surface area contributed by atoms with Crippen molar-refractivity contribution in [3.8, 4) is 17.3 Å². The summed E-state index contributed by atoms with van der Waals surface area (Å²) < 4.78 is 75.7. The van der Waals surface area contributed by atoms with Gasteiger partial charge in [-0.25, -0.2) is 9.67 Å². The van der Waals surface area contributed by atoms with Gasteiger partial charge in [0, 0.05) is 12.3 Å². The average molecular weight is 569 g/mol. The summed E-state index contributed by atoms with van der Waals surface area (Å²) in [5.74, 6) is -3.85. The van der Waals surface area contributed by atoms with Crippen molar-refractivity contribution in [2.75, 3.05) is 5.32 Å². The molecule has 34 heavy (non-hydrogen) atoms. The zero-order chi connectivity index (χ0) is 25.0. The maximum Gasteiger partial charge on any atom is 0.586 e. The van der Waals surface area contributed by atoms with Gasteiger partial charge in [-0.15, -0.1) is 8.78 Å². The number of anilines is 1. The molecule has 0 atom stereocenters. The zero-order valence-electron chi connectivity index (χ0n) is 16.1. The van der Waals surface area contributed by atoms with Crippen LogP contribution in [0.1, 0.15) is 26.5 Å². The van der Waals surface area contributed by atoms with E-state index in [4.69, 9.17) is 17.3 Å². The van der Waals surface area contributed by atoms with Crippen LogP contribution in [-0.4, -0.2) is 32.9 Å². The first-order valence-electron chi connectivity index (χ1n) is 8.80. The van der Waals surface area contributed by atoms with Crippen LogP contribution in [0.5, 0.6) is 11.5 Å². The van der Waals surface area contributed by atoms with E-state index in [1.54, 1.807) is 0 Å². The largest absolute Gasteiger partial charge is 0.586 e. The van der Waals surface area contributed by atoms with Crippen LogP contribution in [0.4, 0.5) is 27.6 Å². The number of nitrogens with two attached hydrogens (primary N) is 1. The number of rotatable bonds is 4. The molecule has 0 radical (unpaired) electrons. The van der Waals surface area contributed by atoms with E-state index in [0.717, 1.165) is 6.07 Å². The van der Waals surface area contributed by atoms with Crippen LogP contribution in [0.3, 0.4) is 0 Å². The summed E-state index contributed by atoms with van der Waals surface area (Å²) in [6.45, 7) is 0. The predicted octanol–water partition coefficient (Wildman–Crippen LogP) is 4.37. The number of amides is 2. The highest BCUT2D eigenvalue weighted by atomic mass is 79.9. The molecule has 2 amide bonds. The highest BCUT2D eigenvalue weighted by Crippen LogP contribution is 2.50. The molecule has 0 fully saturated rings. The fourth-order valence-electron chi connectivity index (χ4n) is 2.92. The number of ether oxygens (including phenoxy) is 2. The molecule has 178 valence electrons. The van der Waals surface area contributed by atoms with E-state index in [1.807, 2.05) is 0 Å². The topological polar surface area (TPSA) is 121 Å². The summed E-state index contributed by atoms with van der Waals surface area (Å²) in [6, 6.07) is 3.91. The Kier molecular flexibility index (Phi) is 5.64. The van der Waals surface area contributed by atoms with Gasteiger partial charge in [0.05, 0.1) is 20.7 Å².